The van der Waals surface area contributed by atoms with Gasteiger partial charge in [0.15, 0.2) is 5.82 Å². The lowest BCUT2D eigenvalue weighted by molar-refractivity contribution is 0.0375. The molecule has 112 valence electrons. The molecule has 1 aromatic heterocycles. The van der Waals surface area contributed by atoms with Crippen molar-refractivity contribution in [3.8, 4) is 0 Å². The van der Waals surface area contributed by atoms with Crippen LogP contribution in [0, 0.1) is 5.92 Å². The number of aromatic nitrogens is 2. The molecule has 0 aliphatic carbocycles. The van der Waals surface area contributed by atoms with Gasteiger partial charge in [-0.15, -0.1) is 0 Å². The van der Waals surface area contributed by atoms with E-state index < -0.39 is 0 Å². The Morgan fingerprint density at radius 2 is 2.30 bits per heavy atom. The molecule has 2 atom stereocenters. The number of alkyl halides is 1. The summed E-state index contributed by atoms with van der Waals surface area (Å²) >= 11 is 3.44. The maximum atomic E-state index is 12.6. The average molecular weight is 344 g/mol. The van der Waals surface area contributed by atoms with E-state index in [4.69, 9.17) is 4.74 Å². The highest BCUT2D eigenvalue weighted by Crippen LogP contribution is 2.17. The molecule has 20 heavy (non-hydrogen) atoms. The second kappa shape index (κ2) is 6.72. The summed E-state index contributed by atoms with van der Waals surface area (Å²) in [6.45, 7) is 8.30. The Morgan fingerprint density at radius 1 is 1.55 bits per heavy atom. The highest BCUT2D eigenvalue weighted by atomic mass is 79.9. The number of rotatable bonds is 4. The molecule has 0 bridgehead atoms. The van der Waals surface area contributed by atoms with E-state index in [9.17, 15) is 4.79 Å². The van der Waals surface area contributed by atoms with Gasteiger partial charge in [-0.3, -0.25) is 4.79 Å². The van der Waals surface area contributed by atoms with Crippen molar-refractivity contribution in [2.75, 3.05) is 23.4 Å². The van der Waals surface area contributed by atoms with Crippen LogP contribution < -0.4 is 10.5 Å². The highest BCUT2D eigenvalue weighted by Gasteiger charge is 2.28. The molecular weight excluding hydrogens is 322 g/mol. The molecule has 0 N–H and O–H groups in total. The number of morpholine rings is 1. The molecule has 1 saturated heterocycles. The summed E-state index contributed by atoms with van der Waals surface area (Å²) in [5, 5.41) is 0.767. The largest absolute Gasteiger partial charge is 0.373 e. The predicted molar refractivity (Wildman–Crippen MR) is 83.7 cm³/mol. The number of hydrogen-bond donors (Lipinski definition) is 0. The zero-order valence-electron chi connectivity index (χ0n) is 12.3. The van der Waals surface area contributed by atoms with E-state index in [-0.39, 0.29) is 17.7 Å². The minimum absolute atomic E-state index is 0.0109. The monoisotopic (exact) mass is 343 g/mol. The van der Waals surface area contributed by atoms with Crippen LogP contribution >= 0.6 is 15.9 Å². The highest BCUT2D eigenvalue weighted by molar-refractivity contribution is 9.09. The van der Waals surface area contributed by atoms with Gasteiger partial charge < -0.3 is 14.2 Å². The van der Waals surface area contributed by atoms with Crippen LogP contribution in [0.4, 0.5) is 5.82 Å². The molecule has 0 spiro atoms. The van der Waals surface area contributed by atoms with Crippen LogP contribution in [0.2, 0.25) is 0 Å². The minimum atomic E-state index is -0.0109. The second-order valence-corrected chi connectivity index (χ2v) is 6.36. The summed E-state index contributed by atoms with van der Waals surface area (Å²) in [4.78, 5) is 18.9. The van der Waals surface area contributed by atoms with Gasteiger partial charge in [0, 0.05) is 30.8 Å². The Kier molecular flexibility index (Phi) is 5.21. The van der Waals surface area contributed by atoms with Crippen molar-refractivity contribution in [3.05, 3.63) is 22.7 Å². The molecule has 2 heterocycles. The van der Waals surface area contributed by atoms with Crippen LogP contribution in [0.5, 0.6) is 0 Å². The van der Waals surface area contributed by atoms with Crippen molar-refractivity contribution in [1.82, 2.24) is 9.55 Å². The van der Waals surface area contributed by atoms with E-state index in [1.165, 1.54) is 0 Å². The lowest BCUT2D eigenvalue weighted by Gasteiger charge is -2.37. The molecule has 6 heteroatoms. The summed E-state index contributed by atoms with van der Waals surface area (Å²) in [6, 6.07) is 0.167. The lowest BCUT2D eigenvalue weighted by Crippen LogP contribution is -2.51. The molecule has 0 saturated carbocycles. The first-order chi connectivity index (χ1) is 9.52. The second-order valence-electron chi connectivity index (χ2n) is 5.71. The maximum Gasteiger partial charge on any atom is 0.293 e. The molecule has 5 nitrogen and oxygen atoms in total. The van der Waals surface area contributed by atoms with E-state index >= 15 is 0 Å². The number of anilines is 1. The maximum absolute atomic E-state index is 12.6. The van der Waals surface area contributed by atoms with Crippen LogP contribution in [-0.2, 0) is 11.3 Å². The zero-order chi connectivity index (χ0) is 14.7. The molecule has 1 aromatic rings. The Hall–Kier alpha value is -0.880. The molecule has 1 fully saturated rings. The Bertz CT molecular complexity index is 503. The van der Waals surface area contributed by atoms with Crippen molar-refractivity contribution in [1.29, 1.82) is 0 Å². The smallest absolute Gasteiger partial charge is 0.293 e. The molecule has 0 radical (unpaired) electrons. The standard InChI is InChI=1S/C14H22BrN3O2/c1-10(2)7-17-5-4-16-13(14(17)19)18-8-12(6-15)20-9-11(18)3/h4-5,10-12H,6-9H2,1-3H3. The van der Waals surface area contributed by atoms with Gasteiger partial charge in [-0.05, 0) is 12.8 Å². The fourth-order valence-electron chi connectivity index (χ4n) is 2.38. The predicted octanol–water partition coefficient (Wildman–Crippen LogP) is 1.89. The number of ether oxygens (including phenoxy) is 1. The average Bonchev–Trinajstić information content (AvgIpc) is 2.42. The van der Waals surface area contributed by atoms with Gasteiger partial charge in [-0.2, -0.15) is 0 Å². The SMILES string of the molecule is CC(C)Cn1ccnc(N2CC(CBr)OCC2C)c1=O. The van der Waals surface area contributed by atoms with Crippen LogP contribution in [0.15, 0.2) is 17.2 Å². The van der Waals surface area contributed by atoms with Crippen LogP contribution in [0.3, 0.4) is 0 Å². The van der Waals surface area contributed by atoms with Crippen molar-refractivity contribution >= 4 is 21.7 Å². The summed E-state index contributed by atoms with van der Waals surface area (Å²) in [5.74, 6) is 0.968. The van der Waals surface area contributed by atoms with Gasteiger partial charge in [0.25, 0.3) is 5.56 Å². The quantitative estimate of drug-likeness (QED) is 0.783. The van der Waals surface area contributed by atoms with Crippen LogP contribution in [-0.4, -0.2) is 40.2 Å². The molecule has 2 rings (SSSR count). The first kappa shape index (κ1) is 15.5. The number of halogens is 1. The minimum Gasteiger partial charge on any atom is -0.373 e. The normalized spacial score (nSPS) is 23.4. The van der Waals surface area contributed by atoms with E-state index in [1.54, 1.807) is 17.0 Å². The first-order valence-electron chi connectivity index (χ1n) is 7.02. The van der Waals surface area contributed by atoms with Gasteiger partial charge in [-0.1, -0.05) is 29.8 Å². The third kappa shape index (κ3) is 3.41. The van der Waals surface area contributed by atoms with E-state index in [2.05, 4.69) is 46.6 Å². The fourth-order valence-corrected chi connectivity index (χ4v) is 2.77. The van der Waals surface area contributed by atoms with Crippen LogP contribution in [0.25, 0.3) is 0 Å². The first-order valence-corrected chi connectivity index (χ1v) is 8.14. The summed E-state index contributed by atoms with van der Waals surface area (Å²) in [7, 11) is 0. The topological polar surface area (TPSA) is 47.4 Å². The molecular formula is C14H22BrN3O2. The van der Waals surface area contributed by atoms with Crippen molar-refractivity contribution in [2.24, 2.45) is 5.92 Å². The van der Waals surface area contributed by atoms with Gasteiger partial charge in [0.2, 0.25) is 0 Å². The molecule has 0 aromatic carbocycles. The van der Waals surface area contributed by atoms with Gasteiger partial charge in [-0.25, -0.2) is 4.98 Å². The van der Waals surface area contributed by atoms with Gasteiger partial charge in [0.1, 0.15) is 0 Å². The Morgan fingerprint density at radius 3 is 2.95 bits per heavy atom. The third-order valence-electron chi connectivity index (χ3n) is 3.41. The Balaban J connectivity index is 2.29. The molecule has 1 aliphatic heterocycles. The Labute approximate surface area is 128 Å². The lowest BCUT2D eigenvalue weighted by atomic mass is 10.2. The van der Waals surface area contributed by atoms with Crippen LogP contribution in [0.1, 0.15) is 20.8 Å². The molecule has 2 unspecified atom stereocenters. The summed E-state index contributed by atoms with van der Waals surface area (Å²) in [6.07, 6.45) is 3.58. The fraction of sp³-hybridized carbons (Fsp3) is 0.714. The van der Waals surface area contributed by atoms with E-state index in [0.717, 1.165) is 11.9 Å². The molecule has 0 amide bonds. The summed E-state index contributed by atoms with van der Waals surface area (Å²) in [5.41, 5.74) is -0.0109. The molecule has 1 aliphatic rings. The number of hydrogen-bond acceptors (Lipinski definition) is 4. The third-order valence-corrected chi connectivity index (χ3v) is 4.13. The summed E-state index contributed by atoms with van der Waals surface area (Å²) < 4.78 is 7.45. The van der Waals surface area contributed by atoms with Crippen molar-refractivity contribution in [2.45, 2.75) is 39.5 Å². The number of nitrogens with zero attached hydrogens (tertiary/aromatic N) is 3. The van der Waals surface area contributed by atoms with Crippen molar-refractivity contribution in [3.63, 3.8) is 0 Å². The zero-order valence-corrected chi connectivity index (χ0v) is 13.8. The van der Waals surface area contributed by atoms with Gasteiger partial charge >= 0.3 is 0 Å². The van der Waals surface area contributed by atoms with E-state index in [0.29, 0.717) is 24.9 Å². The van der Waals surface area contributed by atoms with E-state index in [1.807, 2.05) is 0 Å². The van der Waals surface area contributed by atoms with Crippen molar-refractivity contribution < 1.29 is 4.74 Å². The van der Waals surface area contributed by atoms with Gasteiger partial charge in [0.05, 0.1) is 18.8 Å².